The van der Waals surface area contributed by atoms with Crippen molar-refractivity contribution in [1.29, 1.82) is 0 Å². The van der Waals surface area contributed by atoms with Gasteiger partial charge in [0.25, 0.3) is 0 Å². The molecule has 0 spiro atoms. The molecule has 5 nitrogen and oxygen atoms in total. The monoisotopic (exact) mass is 717 g/mol. The van der Waals surface area contributed by atoms with Crippen LogP contribution in [0.25, 0.3) is 87.3 Å². The summed E-state index contributed by atoms with van der Waals surface area (Å²) in [6, 6.07) is 61.6. The average molecular weight is 718 g/mol. The van der Waals surface area contributed by atoms with Crippen LogP contribution in [0.3, 0.4) is 0 Å². The number of hydrogen-bond acceptors (Lipinski definition) is 5. The van der Waals surface area contributed by atoms with E-state index in [1.165, 1.54) is 10.8 Å². The van der Waals surface area contributed by atoms with Crippen molar-refractivity contribution < 1.29 is 8.83 Å². The van der Waals surface area contributed by atoms with E-state index in [-0.39, 0.29) is 0 Å². The van der Waals surface area contributed by atoms with Crippen LogP contribution < -0.4 is 5.32 Å². The van der Waals surface area contributed by atoms with E-state index in [2.05, 4.69) is 157 Å². The smallest absolute Gasteiger partial charge is 0.170 e. The molecule has 0 aliphatic carbocycles. The molecule has 3 heterocycles. The van der Waals surface area contributed by atoms with Gasteiger partial charge in [0, 0.05) is 43.6 Å². The van der Waals surface area contributed by atoms with Gasteiger partial charge >= 0.3 is 0 Å². The molecular weight excluding hydrogens is 687 g/mol. The summed E-state index contributed by atoms with van der Waals surface area (Å²) < 4.78 is 13.3. The van der Waals surface area contributed by atoms with Crippen LogP contribution in [-0.2, 0) is 0 Å². The number of hydrogen-bond donors (Lipinski definition) is 1. The largest absolute Gasteiger partial charge is 0.456 e. The van der Waals surface area contributed by atoms with Crippen molar-refractivity contribution in [3.63, 3.8) is 0 Å². The Balaban J connectivity index is 1.14. The Kier molecular flexibility index (Phi) is 6.63. The Morgan fingerprint density at radius 2 is 0.929 bits per heavy atom. The van der Waals surface area contributed by atoms with Gasteiger partial charge in [-0.2, -0.15) is 0 Å². The number of aliphatic imine (C=N–C) groups is 2. The van der Waals surface area contributed by atoms with Gasteiger partial charge in [-0.05, 0) is 80.5 Å². The summed E-state index contributed by atoms with van der Waals surface area (Å²) in [5.74, 6) is 1.53. The second-order valence-electron chi connectivity index (χ2n) is 14.6. The lowest BCUT2D eigenvalue weighted by Crippen LogP contribution is -2.36. The van der Waals surface area contributed by atoms with Crippen LogP contribution >= 0.6 is 0 Å². The summed E-state index contributed by atoms with van der Waals surface area (Å²) in [6.07, 6.45) is -0.584. The van der Waals surface area contributed by atoms with Crippen molar-refractivity contribution in [2.24, 2.45) is 9.98 Å². The van der Waals surface area contributed by atoms with E-state index in [1.807, 2.05) is 24.3 Å². The highest BCUT2D eigenvalue weighted by Crippen LogP contribution is 2.45. The van der Waals surface area contributed by atoms with Crippen molar-refractivity contribution in [3.8, 4) is 11.1 Å². The summed E-state index contributed by atoms with van der Waals surface area (Å²) >= 11 is 0. The van der Waals surface area contributed by atoms with E-state index in [4.69, 9.17) is 18.8 Å². The third-order valence-electron chi connectivity index (χ3n) is 11.3. The number of nitrogens with zero attached hydrogens (tertiary/aromatic N) is 2. The molecule has 5 heteroatoms. The summed E-state index contributed by atoms with van der Waals surface area (Å²) in [4.78, 5) is 10.9. The first-order valence-electron chi connectivity index (χ1n) is 18.9. The maximum Gasteiger partial charge on any atom is 0.170 e. The van der Waals surface area contributed by atoms with E-state index in [1.54, 1.807) is 0 Å². The third kappa shape index (κ3) is 4.81. The average Bonchev–Trinajstić information content (AvgIpc) is 3.84. The van der Waals surface area contributed by atoms with Gasteiger partial charge in [-0.1, -0.05) is 133 Å². The number of nitrogens with one attached hydrogen (secondary N) is 1. The lowest BCUT2D eigenvalue weighted by atomic mass is 9.92. The van der Waals surface area contributed by atoms with Crippen molar-refractivity contribution in [1.82, 2.24) is 5.32 Å². The van der Waals surface area contributed by atoms with E-state index in [9.17, 15) is 0 Å². The highest BCUT2D eigenvalue weighted by molar-refractivity contribution is 6.22. The molecule has 0 amide bonds. The van der Waals surface area contributed by atoms with Crippen molar-refractivity contribution >= 4 is 87.9 Å². The number of para-hydroxylation sites is 2. The molecule has 0 unspecified atom stereocenters. The normalized spacial score (nSPS) is 13.6. The SMILES string of the molecule is c1ccc2cc(C3=NC(c4cc(-c5cc6ccccc6c6oc7ccccc7c56)cc5oc6ccccc6c45)N=C(c4ccc5ccccc5c4)N3)ccc2c1. The molecule has 0 atom stereocenters. The molecule has 0 fully saturated rings. The van der Waals surface area contributed by atoms with E-state index < -0.39 is 6.17 Å². The molecule has 56 heavy (non-hydrogen) atoms. The minimum Gasteiger partial charge on any atom is -0.456 e. The maximum atomic E-state index is 6.70. The van der Waals surface area contributed by atoms with Gasteiger partial charge in [-0.25, -0.2) is 9.98 Å². The molecule has 9 aromatic carbocycles. The molecule has 262 valence electrons. The van der Waals surface area contributed by atoms with Gasteiger partial charge in [0.2, 0.25) is 0 Å². The van der Waals surface area contributed by atoms with Crippen molar-refractivity contribution in [3.05, 3.63) is 193 Å². The molecule has 1 aliphatic rings. The quantitative estimate of drug-likeness (QED) is 0.197. The summed E-state index contributed by atoms with van der Waals surface area (Å²) in [5, 5.41) is 14.7. The van der Waals surface area contributed by atoms with Gasteiger partial charge in [-0.3, -0.25) is 0 Å². The fourth-order valence-corrected chi connectivity index (χ4v) is 8.59. The first-order valence-corrected chi connectivity index (χ1v) is 18.9. The lowest BCUT2D eigenvalue weighted by molar-refractivity contribution is 0.667. The fraction of sp³-hybridized carbons (Fsp3) is 0.0196. The maximum absolute atomic E-state index is 6.70. The number of fused-ring (bicyclic) bond motifs is 10. The van der Waals surface area contributed by atoms with Crippen molar-refractivity contribution in [2.75, 3.05) is 0 Å². The van der Waals surface area contributed by atoms with Crippen LogP contribution in [0.15, 0.2) is 195 Å². The lowest BCUT2D eigenvalue weighted by Gasteiger charge is -2.23. The Labute approximate surface area is 320 Å². The number of furan rings is 2. The van der Waals surface area contributed by atoms with Crippen LogP contribution in [0.4, 0.5) is 0 Å². The molecule has 0 radical (unpaired) electrons. The topological polar surface area (TPSA) is 63.0 Å². The Morgan fingerprint density at radius 3 is 1.59 bits per heavy atom. The van der Waals surface area contributed by atoms with Crippen LogP contribution in [0.2, 0.25) is 0 Å². The zero-order chi connectivity index (χ0) is 36.7. The Hall–Kier alpha value is -7.50. The zero-order valence-electron chi connectivity index (χ0n) is 30.0. The minimum atomic E-state index is -0.584. The minimum absolute atomic E-state index is 0.584. The van der Waals surface area contributed by atoms with Crippen molar-refractivity contribution in [2.45, 2.75) is 6.17 Å². The Morgan fingerprint density at radius 1 is 0.393 bits per heavy atom. The predicted octanol–water partition coefficient (Wildman–Crippen LogP) is 13.1. The molecule has 0 saturated carbocycles. The number of rotatable bonds is 4. The fourth-order valence-electron chi connectivity index (χ4n) is 8.59. The summed E-state index contributed by atoms with van der Waals surface area (Å²) in [5.41, 5.74) is 8.38. The standard InChI is InChI=1S/C51H31N3O2/c1-3-13-32-25-35(23-21-30(32)11-1)49-52-50(36-24-22-31-12-2-4-14-33(31)26-36)54-51(53-49)42-28-37(29-45-46(42)39-17-7-9-19-43(39)55-45)41-27-34-15-5-6-16-38(34)48-47(41)40-18-8-10-20-44(40)56-48/h1-29,51H,(H,52,53,54). The first kappa shape index (κ1) is 30.9. The van der Waals surface area contributed by atoms with Gasteiger partial charge in [-0.15, -0.1) is 0 Å². The van der Waals surface area contributed by atoms with E-state index in [0.717, 1.165) is 105 Å². The van der Waals surface area contributed by atoms with Crippen LogP contribution in [0, 0.1) is 0 Å². The zero-order valence-corrected chi connectivity index (χ0v) is 30.0. The molecule has 12 rings (SSSR count). The van der Waals surface area contributed by atoms with E-state index >= 15 is 0 Å². The molecule has 2 aromatic heterocycles. The van der Waals surface area contributed by atoms with Crippen LogP contribution in [0.5, 0.6) is 0 Å². The molecule has 11 aromatic rings. The van der Waals surface area contributed by atoms with Gasteiger partial charge in [0.05, 0.1) is 0 Å². The van der Waals surface area contributed by atoms with Crippen LogP contribution in [-0.4, -0.2) is 11.7 Å². The second kappa shape index (κ2) is 12.0. The number of benzene rings is 9. The highest BCUT2D eigenvalue weighted by atomic mass is 16.3. The van der Waals surface area contributed by atoms with Gasteiger partial charge in [0.15, 0.2) is 6.17 Å². The molecule has 0 saturated heterocycles. The Bertz CT molecular complexity index is 3380. The second-order valence-corrected chi connectivity index (χ2v) is 14.6. The van der Waals surface area contributed by atoms with Crippen LogP contribution in [0.1, 0.15) is 22.9 Å². The first-order chi connectivity index (χ1) is 27.7. The predicted molar refractivity (Wildman–Crippen MR) is 231 cm³/mol. The third-order valence-corrected chi connectivity index (χ3v) is 11.3. The molecule has 1 N–H and O–H groups in total. The summed E-state index contributed by atoms with van der Waals surface area (Å²) in [6.45, 7) is 0. The number of amidine groups is 2. The highest BCUT2D eigenvalue weighted by Gasteiger charge is 2.26. The molecule has 1 aliphatic heterocycles. The van der Waals surface area contributed by atoms with Gasteiger partial charge < -0.3 is 14.2 Å². The molecular formula is C51H31N3O2. The molecule has 0 bridgehead atoms. The van der Waals surface area contributed by atoms with E-state index in [0.29, 0.717) is 0 Å². The van der Waals surface area contributed by atoms with Gasteiger partial charge in [0.1, 0.15) is 34.0 Å². The summed E-state index contributed by atoms with van der Waals surface area (Å²) in [7, 11) is 0.